The minimum Gasteiger partial charge on any atom is -0.494 e. The Kier molecular flexibility index (Phi) is 7.02. The smallest absolute Gasteiger partial charge is 0.269 e. The fraction of sp³-hybridized carbons (Fsp3) is 0.263. The van der Waals surface area contributed by atoms with Crippen molar-refractivity contribution in [1.29, 1.82) is 0 Å². The third-order valence-corrected chi connectivity index (χ3v) is 4.03. The highest BCUT2D eigenvalue weighted by molar-refractivity contribution is 5.94. The quantitative estimate of drug-likeness (QED) is 0.552. The van der Waals surface area contributed by atoms with Crippen LogP contribution in [0.15, 0.2) is 42.5 Å². The first-order valence-corrected chi connectivity index (χ1v) is 8.41. The van der Waals surface area contributed by atoms with E-state index in [0.29, 0.717) is 5.56 Å². The monoisotopic (exact) mass is 389 g/mol. The lowest BCUT2D eigenvalue weighted by molar-refractivity contribution is -0.384. The second kappa shape index (κ2) is 9.45. The van der Waals surface area contributed by atoms with Gasteiger partial charge in [0.1, 0.15) is 0 Å². The third-order valence-electron chi connectivity index (χ3n) is 4.03. The molecule has 0 heterocycles. The number of nitro benzene ring substituents is 1. The zero-order valence-corrected chi connectivity index (χ0v) is 15.5. The van der Waals surface area contributed by atoms with E-state index in [1.165, 1.54) is 48.4 Å². The molecule has 0 spiro atoms. The van der Waals surface area contributed by atoms with Crippen molar-refractivity contribution < 1.29 is 23.6 Å². The molecule has 0 radical (unpaired) electrons. The second-order valence-electron chi connectivity index (χ2n) is 6.03. The van der Waals surface area contributed by atoms with Crippen molar-refractivity contribution in [3.05, 3.63) is 69.5 Å². The molecule has 2 rings (SSSR count). The van der Waals surface area contributed by atoms with Gasteiger partial charge >= 0.3 is 0 Å². The number of halogens is 1. The van der Waals surface area contributed by atoms with Crippen LogP contribution >= 0.6 is 0 Å². The lowest BCUT2D eigenvalue weighted by atomic mass is 10.2. The summed E-state index contributed by atoms with van der Waals surface area (Å²) in [6.07, 6.45) is 0.0634. The standard InChI is InChI=1S/C19H20FN3O5/c1-22(12-13-3-8-17(28-2)16(20)11-13)18(24)9-10-21-19(25)14-4-6-15(7-5-14)23(26)27/h3-8,11H,9-10,12H2,1-2H3,(H,21,25). The van der Waals surface area contributed by atoms with E-state index in [-0.39, 0.29) is 42.4 Å². The lowest BCUT2D eigenvalue weighted by Gasteiger charge is -2.18. The molecule has 0 unspecified atom stereocenters. The summed E-state index contributed by atoms with van der Waals surface area (Å²) in [5.74, 6) is -1.02. The highest BCUT2D eigenvalue weighted by atomic mass is 19.1. The highest BCUT2D eigenvalue weighted by Gasteiger charge is 2.13. The number of rotatable bonds is 8. The van der Waals surface area contributed by atoms with E-state index in [0.717, 1.165) is 0 Å². The zero-order valence-electron chi connectivity index (χ0n) is 15.5. The van der Waals surface area contributed by atoms with Gasteiger partial charge in [-0.2, -0.15) is 0 Å². The molecule has 9 heteroatoms. The molecule has 0 aliphatic rings. The van der Waals surface area contributed by atoms with Crippen LogP contribution in [0.3, 0.4) is 0 Å². The zero-order chi connectivity index (χ0) is 20.7. The predicted octanol–water partition coefficient (Wildman–Crippen LogP) is 2.52. The number of nitrogens with one attached hydrogen (secondary N) is 1. The van der Waals surface area contributed by atoms with Crippen LogP contribution in [0, 0.1) is 15.9 Å². The van der Waals surface area contributed by atoms with E-state index < -0.39 is 16.6 Å². The fourth-order valence-corrected chi connectivity index (χ4v) is 2.48. The Balaban J connectivity index is 1.81. The first-order valence-electron chi connectivity index (χ1n) is 8.41. The molecule has 2 amide bonds. The average molecular weight is 389 g/mol. The summed E-state index contributed by atoms with van der Waals surface area (Å²) < 4.78 is 18.6. The normalized spacial score (nSPS) is 10.2. The van der Waals surface area contributed by atoms with Gasteiger partial charge in [0.25, 0.3) is 11.6 Å². The Hall–Kier alpha value is -3.49. The maximum atomic E-state index is 13.7. The minimum absolute atomic E-state index is 0.0634. The second-order valence-corrected chi connectivity index (χ2v) is 6.03. The number of carbonyl (C=O) groups excluding carboxylic acids is 2. The van der Waals surface area contributed by atoms with Crippen molar-refractivity contribution in [2.75, 3.05) is 20.7 Å². The number of nitrogens with zero attached hydrogens (tertiary/aromatic N) is 2. The first-order chi connectivity index (χ1) is 13.3. The van der Waals surface area contributed by atoms with E-state index in [4.69, 9.17) is 4.74 Å². The number of amides is 2. The maximum absolute atomic E-state index is 13.7. The molecule has 0 saturated heterocycles. The van der Waals surface area contributed by atoms with E-state index >= 15 is 0 Å². The summed E-state index contributed by atoms with van der Waals surface area (Å²) in [4.78, 5) is 35.7. The molecule has 0 bridgehead atoms. The van der Waals surface area contributed by atoms with Gasteiger partial charge < -0.3 is 15.0 Å². The molecular formula is C19H20FN3O5. The van der Waals surface area contributed by atoms with Gasteiger partial charge in [-0.1, -0.05) is 6.07 Å². The van der Waals surface area contributed by atoms with Gasteiger partial charge in [0, 0.05) is 44.3 Å². The molecule has 0 aliphatic carbocycles. The summed E-state index contributed by atoms with van der Waals surface area (Å²) in [7, 11) is 2.96. The molecule has 8 nitrogen and oxygen atoms in total. The molecule has 0 saturated carbocycles. The molecule has 148 valence electrons. The van der Waals surface area contributed by atoms with Crippen molar-refractivity contribution in [3.63, 3.8) is 0 Å². The summed E-state index contributed by atoms with van der Waals surface area (Å²) in [5, 5.41) is 13.2. The molecule has 0 fully saturated rings. The SMILES string of the molecule is COc1ccc(CN(C)C(=O)CCNC(=O)c2ccc([N+](=O)[O-])cc2)cc1F. The van der Waals surface area contributed by atoms with Gasteiger partial charge in [0.2, 0.25) is 5.91 Å². The summed E-state index contributed by atoms with van der Waals surface area (Å²) in [6, 6.07) is 9.64. The molecule has 0 aliphatic heterocycles. The van der Waals surface area contributed by atoms with Crippen LogP contribution in [-0.4, -0.2) is 42.3 Å². The number of methoxy groups -OCH3 is 1. The third kappa shape index (κ3) is 5.50. The van der Waals surface area contributed by atoms with Crippen LogP contribution < -0.4 is 10.1 Å². The number of nitro groups is 1. The van der Waals surface area contributed by atoms with Gasteiger partial charge in [0.15, 0.2) is 11.6 Å². The fourth-order valence-electron chi connectivity index (χ4n) is 2.48. The van der Waals surface area contributed by atoms with Crippen molar-refractivity contribution in [3.8, 4) is 5.75 Å². The van der Waals surface area contributed by atoms with Crippen LogP contribution in [0.1, 0.15) is 22.3 Å². The largest absolute Gasteiger partial charge is 0.494 e. The predicted molar refractivity (Wildman–Crippen MR) is 99.5 cm³/mol. The Morgan fingerprint density at radius 3 is 2.46 bits per heavy atom. The number of hydrogen-bond donors (Lipinski definition) is 1. The van der Waals surface area contributed by atoms with Crippen molar-refractivity contribution in [1.82, 2.24) is 10.2 Å². The summed E-state index contributed by atoms with van der Waals surface area (Å²) in [5.41, 5.74) is 0.771. The molecule has 1 N–H and O–H groups in total. The lowest BCUT2D eigenvalue weighted by Crippen LogP contribution is -2.31. The number of ether oxygens (including phenoxy) is 1. The summed E-state index contributed by atoms with van der Waals surface area (Å²) in [6.45, 7) is 0.325. The Morgan fingerprint density at radius 2 is 1.89 bits per heavy atom. The van der Waals surface area contributed by atoms with Crippen LogP contribution in [-0.2, 0) is 11.3 Å². The van der Waals surface area contributed by atoms with Crippen molar-refractivity contribution in [2.24, 2.45) is 0 Å². The van der Waals surface area contributed by atoms with E-state index in [2.05, 4.69) is 5.32 Å². The molecule has 0 atom stereocenters. The number of carbonyl (C=O) groups is 2. The Morgan fingerprint density at radius 1 is 1.21 bits per heavy atom. The Labute approximate surface area is 161 Å². The van der Waals surface area contributed by atoms with Gasteiger partial charge in [-0.25, -0.2) is 4.39 Å². The minimum atomic E-state index is -0.551. The van der Waals surface area contributed by atoms with Crippen LogP contribution in [0.5, 0.6) is 5.75 Å². The molecular weight excluding hydrogens is 369 g/mol. The van der Waals surface area contributed by atoms with Gasteiger partial charge in [-0.15, -0.1) is 0 Å². The number of hydrogen-bond acceptors (Lipinski definition) is 5. The number of non-ortho nitro benzene ring substituents is 1. The van der Waals surface area contributed by atoms with Gasteiger partial charge in [-0.3, -0.25) is 19.7 Å². The summed E-state index contributed by atoms with van der Waals surface area (Å²) >= 11 is 0. The van der Waals surface area contributed by atoms with Crippen LogP contribution in [0.4, 0.5) is 10.1 Å². The van der Waals surface area contributed by atoms with Crippen molar-refractivity contribution in [2.45, 2.75) is 13.0 Å². The molecule has 2 aromatic carbocycles. The highest BCUT2D eigenvalue weighted by Crippen LogP contribution is 2.18. The molecule has 28 heavy (non-hydrogen) atoms. The average Bonchev–Trinajstić information content (AvgIpc) is 2.68. The topological polar surface area (TPSA) is 102 Å². The molecule has 0 aromatic heterocycles. The van der Waals surface area contributed by atoms with Crippen LogP contribution in [0.25, 0.3) is 0 Å². The number of benzene rings is 2. The first kappa shape index (κ1) is 20.8. The Bertz CT molecular complexity index is 870. The maximum Gasteiger partial charge on any atom is 0.269 e. The van der Waals surface area contributed by atoms with Gasteiger partial charge in [-0.05, 0) is 29.8 Å². The van der Waals surface area contributed by atoms with E-state index in [9.17, 15) is 24.1 Å². The molecule has 2 aromatic rings. The van der Waals surface area contributed by atoms with Crippen molar-refractivity contribution >= 4 is 17.5 Å². The van der Waals surface area contributed by atoms with Gasteiger partial charge in [0.05, 0.1) is 12.0 Å². The van der Waals surface area contributed by atoms with Crippen LogP contribution in [0.2, 0.25) is 0 Å². The van der Waals surface area contributed by atoms with E-state index in [1.807, 2.05) is 0 Å². The van der Waals surface area contributed by atoms with E-state index in [1.54, 1.807) is 13.1 Å².